The van der Waals surface area contributed by atoms with Crippen LogP contribution in [0.15, 0.2) is 29.9 Å². The molecule has 1 aromatic carbocycles. The minimum absolute atomic E-state index is 0.414. The molecular formula is C12H13N3S2. The molecule has 5 heteroatoms. The van der Waals surface area contributed by atoms with Crippen molar-refractivity contribution >= 4 is 34.2 Å². The number of nitrogens with zero attached hydrogens (tertiary/aromatic N) is 1. The highest BCUT2D eigenvalue weighted by molar-refractivity contribution is 7.80. The number of aryl methyl sites for hydroxylation is 1. The molecule has 3 N–H and O–H groups in total. The zero-order chi connectivity index (χ0) is 12.3. The van der Waals surface area contributed by atoms with Crippen molar-refractivity contribution < 1.29 is 0 Å². The first-order valence-electron chi connectivity index (χ1n) is 5.18. The van der Waals surface area contributed by atoms with E-state index in [2.05, 4.69) is 16.4 Å². The van der Waals surface area contributed by atoms with Crippen LogP contribution in [-0.2, 0) is 6.54 Å². The number of rotatable bonds is 4. The SMILES string of the molecule is Cc1ccc(C(N)=S)c(NCc2cncs2)c1. The van der Waals surface area contributed by atoms with Gasteiger partial charge < -0.3 is 11.1 Å². The molecular weight excluding hydrogens is 250 g/mol. The van der Waals surface area contributed by atoms with Crippen LogP contribution in [-0.4, -0.2) is 9.97 Å². The first kappa shape index (κ1) is 12.0. The Balaban J connectivity index is 2.19. The maximum Gasteiger partial charge on any atom is 0.106 e. The minimum Gasteiger partial charge on any atom is -0.389 e. The van der Waals surface area contributed by atoms with Gasteiger partial charge in [0.05, 0.1) is 12.1 Å². The number of anilines is 1. The van der Waals surface area contributed by atoms with Crippen molar-refractivity contribution in [3.63, 3.8) is 0 Å². The summed E-state index contributed by atoms with van der Waals surface area (Å²) in [5.74, 6) is 0. The van der Waals surface area contributed by atoms with Crippen LogP contribution in [0.1, 0.15) is 16.0 Å². The predicted molar refractivity (Wildman–Crippen MR) is 76.5 cm³/mol. The van der Waals surface area contributed by atoms with Gasteiger partial charge in [0.25, 0.3) is 0 Å². The quantitative estimate of drug-likeness (QED) is 0.833. The number of benzene rings is 1. The molecule has 0 aliphatic heterocycles. The van der Waals surface area contributed by atoms with Gasteiger partial charge in [-0.25, -0.2) is 0 Å². The van der Waals surface area contributed by atoms with E-state index in [9.17, 15) is 0 Å². The molecule has 0 fully saturated rings. The first-order valence-corrected chi connectivity index (χ1v) is 6.47. The van der Waals surface area contributed by atoms with Gasteiger partial charge in [-0.05, 0) is 24.6 Å². The zero-order valence-corrected chi connectivity index (χ0v) is 11.1. The van der Waals surface area contributed by atoms with Gasteiger partial charge in [0.2, 0.25) is 0 Å². The van der Waals surface area contributed by atoms with Crippen molar-refractivity contribution in [2.75, 3.05) is 5.32 Å². The Morgan fingerprint density at radius 3 is 3.00 bits per heavy atom. The van der Waals surface area contributed by atoms with E-state index < -0.39 is 0 Å². The van der Waals surface area contributed by atoms with Crippen LogP contribution < -0.4 is 11.1 Å². The Labute approximate surface area is 110 Å². The standard InChI is InChI=1S/C12H13N3S2/c1-8-2-3-10(12(13)16)11(4-8)15-6-9-5-14-7-17-9/h2-5,7,15H,6H2,1H3,(H2,13,16). The zero-order valence-electron chi connectivity index (χ0n) is 9.43. The Morgan fingerprint density at radius 1 is 1.53 bits per heavy atom. The van der Waals surface area contributed by atoms with Crippen molar-refractivity contribution in [3.8, 4) is 0 Å². The van der Waals surface area contributed by atoms with E-state index in [0.29, 0.717) is 4.99 Å². The summed E-state index contributed by atoms with van der Waals surface area (Å²) < 4.78 is 0. The molecule has 2 aromatic rings. The van der Waals surface area contributed by atoms with Gasteiger partial charge in [-0.1, -0.05) is 18.3 Å². The number of hydrogen-bond donors (Lipinski definition) is 2. The maximum atomic E-state index is 5.70. The molecule has 17 heavy (non-hydrogen) atoms. The first-order chi connectivity index (χ1) is 8.16. The van der Waals surface area contributed by atoms with Gasteiger partial charge in [-0.3, -0.25) is 4.98 Å². The fraction of sp³-hybridized carbons (Fsp3) is 0.167. The highest BCUT2D eigenvalue weighted by Gasteiger charge is 2.05. The molecule has 0 saturated carbocycles. The summed E-state index contributed by atoms with van der Waals surface area (Å²) in [5, 5.41) is 3.34. The molecule has 2 rings (SSSR count). The second-order valence-electron chi connectivity index (χ2n) is 3.73. The lowest BCUT2D eigenvalue weighted by molar-refractivity contribution is 1.17. The second kappa shape index (κ2) is 5.25. The van der Waals surface area contributed by atoms with Crippen LogP contribution in [0.5, 0.6) is 0 Å². The molecule has 0 spiro atoms. The number of nitrogens with two attached hydrogens (primary N) is 1. The van der Waals surface area contributed by atoms with Gasteiger partial charge in [-0.2, -0.15) is 0 Å². The van der Waals surface area contributed by atoms with Gasteiger partial charge in [-0.15, -0.1) is 11.3 Å². The fourth-order valence-corrected chi connectivity index (χ4v) is 2.24. The molecule has 3 nitrogen and oxygen atoms in total. The molecule has 88 valence electrons. The summed E-state index contributed by atoms with van der Waals surface area (Å²) in [6.45, 7) is 2.78. The fourth-order valence-electron chi connectivity index (χ4n) is 1.53. The van der Waals surface area contributed by atoms with Crippen molar-refractivity contribution in [2.24, 2.45) is 5.73 Å². The third-order valence-electron chi connectivity index (χ3n) is 2.38. The normalized spacial score (nSPS) is 10.2. The van der Waals surface area contributed by atoms with E-state index >= 15 is 0 Å². The highest BCUT2D eigenvalue weighted by atomic mass is 32.1. The van der Waals surface area contributed by atoms with Crippen molar-refractivity contribution in [3.05, 3.63) is 45.9 Å². The highest BCUT2D eigenvalue weighted by Crippen LogP contribution is 2.19. The summed E-state index contributed by atoms with van der Waals surface area (Å²) in [6.07, 6.45) is 1.86. The molecule has 0 amide bonds. The lowest BCUT2D eigenvalue weighted by atomic mass is 10.1. The summed E-state index contributed by atoms with van der Waals surface area (Å²) in [7, 11) is 0. The van der Waals surface area contributed by atoms with E-state index in [0.717, 1.165) is 17.8 Å². The average Bonchev–Trinajstić information content (AvgIpc) is 2.78. The van der Waals surface area contributed by atoms with Crippen molar-refractivity contribution in [1.29, 1.82) is 0 Å². The lowest BCUT2D eigenvalue weighted by Crippen LogP contribution is -2.13. The van der Waals surface area contributed by atoms with Gasteiger partial charge >= 0.3 is 0 Å². The van der Waals surface area contributed by atoms with Gasteiger partial charge in [0.1, 0.15) is 4.99 Å². The third kappa shape index (κ3) is 3.01. The summed E-state index contributed by atoms with van der Waals surface area (Å²) >= 11 is 6.66. The molecule has 0 radical (unpaired) electrons. The molecule has 0 unspecified atom stereocenters. The number of nitrogens with one attached hydrogen (secondary N) is 1. The Hall–Kier alpha value is -1.46. The van der Waals surface area contributed by atoms with Crippen LogP contribution in [0.2, 0.25) is 0 Å². The number of aromatic nitrogens is 1. The Morgan fingerprint density at radius 2 is 2.35 bits per heavy atom. The summed E-state index contributed by atoms with van der Waals surface area (Å²) in [5.41, 5.74) is 10.6. The van der Waals surface area contributed by atoms with Crippen LogP contribution in [0.3, 0.4) is 0 Å². The van der Waals surface area contributed by atoms with Crippen LogP contribution >= 0.6 is 23.6 Å². The van der Waals surface area contributed by atoms with Gasteiger partial charge in [0, 0.05) is 22.3 Å². The van der Waals surface area contributed by atoms with E-state index in [1.165, 1.54) is 10.4 Å². The largest absolute Gasteiger partial charge is 0.389 e. The molecule has 0 bridgehead atoms. The van der Waals surface area contributed by atoms with E-state index in [1.54, 1.807) is 11.3 Å². The Bertz CT molecular complexity index is 521. The topological polar surface area (TPSA) is 50.9 Å². The smallest absolute Gasteiger partial charge is 0.106 e. The van der Waals surface area contributed by atoms with E-state index in [1.807, 2.05) is 30.8 Å². The predicted octanol–water partition coefficient (Wildman–Crippen LogP) is 2.70. The van der Waals surface area contributed by atoms with Gasteiger partial charge in [0.15, 0.2) is 0 Å². The van der Waals surface area contributed by atoms with Crippen LogP contribution in [0.25, 0.3) is 0 Å². The third-order valence-corrected chi connectivity index (χ3v) is 3.38. The lowest BCUT2D eigenvalue weighted by Gasteiger charge is -2.11. The molecule has 0 aliphatic rings. The second-order valence-corrected chi connectivity index (χ2v) is 5.15. The number of hydrogen-bond acceptors (Lipinski definition) is 4. The monoisotopic (exact) mass is 263 g/mol. The van der Waals surface area contributed by atoms with E-state index in [4.69, 9.17) is 18.0 Å². The molecule has 1 heterocycles. The van der Waals surface area contributed by atoms with Crippen LogP contribution in [0.4, 0.5) is 5.69 Å². The van der Waals surface area contributed by atoms with E-state index in [-0.39, 0.29) is 0 Å². The Kier molecular flexibility index (Phi) is 3.71. The minimum atomic E-state index is 0.414. The van der Waals surface area contributed by atoms with Crippen LogP contribution in [0, 0.1) is 6.92 Å². The number of thiazole rings is 1. The number of thiocarbonyl (C=S) groups is 1. The van der Waals surface area contributed by atoms with Crippen molar-refractivity contribution in [2.45, 2.75) is 13.5 Å². The molecule has 0 saturated heterocycles. The molecule has 0 aliphatic carbocycles. The van der Waals surface area contributed by atoms with Crippen molar-refractivity contribution in [1.82, 2.24) is 4.98 Å². The maximum absolute atomic E-state index is 5.70. The summed E-state index contributed by atoms with van der Waals surface area (Å²) in [6, 6.07) is 6.01. The molecule has 1 aromatic heterocycles. The summed E-state index contributed by atoms with van der Waals surface area (Å²) in [4.78, 5) is 5.63. The average molecular weight is 263 g/mol. The molecule has 0 atom stereocenters.